The summed E-state index contributed by atoms with van der Waals surface area (Å²) in [5, 5.41) is 49.8. The molecule has 8 nitrogen and oxygen atoms in total. The summed E-state index contributed by atoms with van der Waals surface area (Å²) in [6.07, 6.45) is -1.95. The van der Waals surface area contributed by atoms with Gasteiger partial charge in [-0.3, -0.25) is 10.1 Å². The summed E-state index contributed by atoms with van der Waals surface area (Å²) in [6.45, 7) is -1.28. The van der Waals surface area contributed by atoms with E-state index in [1.54, 1.807) is 0 Å². The van der Waals surface area contributed by atoms with Gasteiger partial charge in [0.1, 0.15) is 24.4 Å². The first kappa shape index (κ1) is 17.6. The van der Waals surface area contributed by atoms with Gasteiger partial charge in [0.15, 0.2) is 5.72 Å². The molecule has 20 heavy (non-hydrogen) atoms. The molecule has 2 unspecified atom stereocenters. The van der Waals surface area contributed by atoms with Crippen LogP contribution in [0.25, 0.3) is 0 Å². The first-order valence-electron chi connectivity index (χ1n) is 6.17. The number of rotatable bonds is 8. The van der Waals surface area contributed by atoms with Crippen molar-refractivity contribution in [1.82, 2.24) is 5.32 Å². The van der Waals surface area contributed by atoms with Crippen LogP contribution in [0.3, 0.4) is 0 Å². The monoisotopic (exact) mass is 311 g/mol. The average Bonchev–Trinajstić information content (AvgIpc) is 2.68. The average molecular weight is 311 g/mol. The normalized spacial score (nSPS) is 35.1. The molecule has 0 saturated carbocycles. The Bertz CT molecular complexity index is 332. The molecule has 6 N–H and O–H groups in total. The van der Waals surface area contributed by atoms with Crippen LogP contribution in [-0.2, 0) is 9.53 Å². The smallest absolute Gasteiger partial charge is 0.320 e. The Morgan fingerprint density at radius 2 is 2.10 bits per heavy atom. The maximum Gasteiger partial charge on any atom is 0.320 e. The van der Waals surface area contributed by atoms with Crippen LogP contribution in [-0.4, -0.2) is 86.8 Å². The Morgan fingerprint density at radius 1 is 1.45 bits per heavy atom. The predicted molar refractivity (Wildman–Crippen MR) is 71.3 cm³/mol. The quantitative estimate of drug-likeness (QED) is 0.289. The maximum absolute atomic E-state index is 11.2. The first-order valence-corrected chi connectivity index (χ1v) is 7.56. The number of carbonyl (C=O) groups is 1. The van der Waals surface area contributed by atoms with Crippen LogP contribution in [0.1, 0.15) is 6.42 Å². The van der Waals surface area contributed by atoms with E-state index >= 15 is 0 Å². The van der Waals surface area contributed by atoms with Gasteiger partial charge in [0.05, 0.1) is 13.2 Å². The Hall–Kier alpha value is -0.420. The molecule has 5 atom stereocenters. The van der Waals surface area contributed by atoms with Crippen molar-refractivity contribution in [3.05, 3.63) is 0 Å². The highest BCUT2D eigenvalue weighted by Crippen LogP contribution is 2.29. The second kappa shape index (κ2) is 7.55. The number of aliphatic hydroxyl groups excluding tert-OH is 4. The fourth-order valence-corrected chi connectivity index (χ4v) is 2.59. The van der Waals surface area contributed by atoms with Gasteiger partial charge in [-0.25, -0.2) is 0 Å². The van der Waals surface area contributed by atoms with E-state index in [-0.39, 0.29) is 6.42 Å². The second-order valence-corrected chi connectivity index (χ2v) is 5.62. The summed E-state index contributed by atoms with van der Waals surface area (Å²) in [6, 6.07) is -1.05. The topological polar surface area (TPSA) is 139 Å². The van der Waals surface area contributed by atoms with Gasteiger partial charge in [-0.15, -0.1) is 0 Å². The van der Waals surface area contributed by atoms with Gasteiger partial charge in [0.25, 0.3) is 0 Å². The summed E-state index contributed by atoms with van der Waals surface area (Å²) in [4.78, 5) is 11.2. The number of carboxylic acids is 1. The summed E-state index contributed by atoms with van der Waals surface area (Å²) in [5.41, 5.74) is -1.80. The minimum Gasteiger partial charge on any atom is -0.480 e. The highest BCUT2D eigenvalue weighted by molar-refractivity contribution is 7.98. The summed E-state index contributed by atoms with van der Waals surface area (Å²) in [5.74, 6) is -0.585. The van der Waals surface area contributed by atoms with Crippen molar-refractivity contribution in [3.63, 3.8) is 0 Å². The molecule has 0 aromatic rings. The lowest BCUT2D eigenvalue weighted by Gasteiger charge is -2.34. The zero-order valence-electron chi connectivity index (χ0n) is 11.1. The highest BCUT2D eigenvalue weighted by Gasteiger charge is 2.54. The Kier molecular flexibility index (Phi) is 6.65. The Balaban J connectivity index is 2.85. The summed E-state index contributed by atoms with van der Waals surface area (Å²) >= 11 is 1.46. The minimum absolute atomic E-state index is 0.258. The van der Waals surface area contributed by atoms with Crippen molar-refractivity contribution in [2.75, 3.05) is 25.2 Å². The van der Waals surface area contributed by atoms with Crippen molar-refractivity contribution >= 4 is 17.7 Å². The van der Waals surface area contributed by atoms with E-state index in [0.717, 1.165) is 0 Å². The van der Waals surface area contributed by atoms with E-state index in [0.29, 0.717) is 5.75 Å². The third-order valence-electron chi connectivity index (χ3n) is 3.29. The number of ether oxygens (including phenoxy) is 1. The van der Waals surface area contributed by atoms with Crippen LogP contribution in [0.5, 0.6) is 0 Å². The van der Waals surface area contributed by atoms with E-state index in [9.17, 15) is 20.1 Å². The van der Waals surface area contributed by atoms with E-state index in [1.165, 1.54) is 11.8 Å². The van der Waals surface area contributed by atoms with Gasteiger partial charge in [-0.1, -0.05) is 0 Å². The maximum atomic E-state index is 11.2. The lowest BCUT2D eigenvalue weighted by Crippen LogP contribution is -2.62. The summed E-state index contributed by atoms with van der Waals surface area (Å²) < 4.78 is 5.25. The van der Waals surface area contributed by atoms with Crippen molar-refractivity contribution in [2.24, 2.45) is 0 Å². The Morgan fingerprint density at radius 3 is 2.50 bits per heavy atom. The molecule has 9 heteroatoms. The highest BCUT2D eigenvalue weighted by atomic mass is 32.2. The van der Waals surface area contributed by atoms with Gasteiger partial charge in [0, 0.05) is 0 Å². The van der Waals surface area contributed by atoms with Crippen LogP contribution < -0.4 is 5.32 Å². The number of carboxylic acid groups (broad SMARTS) is 1. The molecule has 0 aromatic carbocycles. The fourth-order valence-electron chi connectivity index (χ4n) is 2.12. The largest absolute Gasteiger partial charge is 0.480 e. The van der Waals surface area contributed by atoms with Gasteiger partial charge in [-0.2, -0.15) is 11.8 Å². The molecule has 0 aliphatic carbocycles. The minimum atomic E-state index is -1.80. The molecule has 1 aliphatic rings. The molecule has 1 saturated heterocycles. The molecule has 0 spiro atoms. The number of hydrogen-bond donors (Lipinski definition) is 6. The van der Waals surface area contributed by atoms with Gasteiger partial charge in [0.2, 0.25) is 0 Å². The van der Waals surface area contributed by atoms with E-state index in [2.05, 4.69) is 5.32 Å². The second-order valence-electron chi connectivity index (χ2n) is 4.64. The van der Waals surface area contributed by atoms with E-state index in [1.807, 2.05) is 6.26 Å². The lowest BCUT2D eigenvalue weighted by molar-refractivity contribution is -0.158. The molecular weight excluding hydrogens is 290 g/mol. The molecule has 118 valence electrons. The number of aliphatic hydroxyl groups is 4. The van der Waals surface area contributed by atoms with Crippen molar-refractivity contribution < 1.29 is 35.1 Å². The number of thioether (sulfide) groups is 1. The fraction of sp³-hybridized carbons (Fsp3) is 0.909. The molecule has 1 heterocycles. The zero-order chi connectivity index (χ0) is 15.3. The van der Waals surface area contributed by atoms with Gasteiger partial charge >= 0.3 is 5.97 Å². The molecule has 0 bridgehead atoms. The van der Waals surface area contributed by atoms with Crippen molar-refractivity contribution in [2.45, 2.75) is 36.5 Å². The van der Waals surface area contributed by atoms with Gasteiger partial charge in [-0.05, 0) is 18.4 Å². The molecule has 0 amide bonds. The number of nitrogens with one attached hydrogen (secondary N) is 1. The number of hydrogen-bond acceptors (Lipinski definition) is 8. The van der Waals surface area contributed by atoms with Crippen LogP contribution >= 0.6 is 11.8 Å². The predicted octanol–water partition coefficient (Wildman–Crippen LogP) is -2.42. The third kappa shape index (κ3) is 3.61. The number of aliphatic carboxylic acids is 1. The standard InChI is InChI=1S/C11H21NO7S/c1-20-3-2-6(10(17)18)12-11(5-14)9(16)8(15)7(4-13)19-11/h6-9,12-16H,2-5H2,1H3,(H,17,18)/t6?,7-,8-,9+,11?/m1/s1. The molecule has 0 radical (unpaired) electrons. The van der Waals surface area contributed by atoms with Crippen molar-refractivity contribution in [3.8, 4) is 0 Å². The van der Waals surface area contributed by atoms with Crippen LogP contribution in [0, 0.1) is 0 Å². The molecule has 0 aromatic heterocycles. The van der Waals surface area contributed by atoms with Crippen molar-refractivity contribution in [1.29, 1.82) is 0 Å². The first-order chi connectivity index (χ1) is 9.41. The summed E-state index contributed by atoms with van der Waals surface area (Å²) in [7, 11) is 0. The molecule has 1 rings (SSSR count). The third-order valence-corrected chi connectivity index (χ3v) is 3.93. The van der Waals surface area contributed by atoms with E-state index < -0.39 is 49.3 Å². The van der Waals surface area contributed by atoms with Crippen LogP contribution in [0.4, 0.5) is 0 Å². The molecule has 1 fully saturated rings. The van der Waals surface area contributed by atoms with E-state index in [4.69, 9.17) is 14.9 Å². The zero-order valence-corrected chi connectivity index (χ0v) is 11.9. The molecular formula is C11H21NO7S. The van der Waals surface area contributed by atoms with Crippen LogP contribution in [0.2, 0.25) is 0 Å². The lowest BCUT2D eigenvalue weighted by atomic mass is 10.0. The Labute approximate surface area is 120 Å². The van der Waals surface area contributed by atoms with Gasteiger partial charge < -0.3 is 30.3 Å². The SMILES string of the molecule is CSCCC(NC1(CO)O[C@H](CO)[C@@H](O)[C@@H]1O)C(=O)O. The molecule has 1 aliphatic heterocycles. The van der Waals surface area contributed by atoms with Crippen LogP contribution in [0.15, 0.2) is 0 Å².